The van der Waals surface area contributed by atoms with Crippen LogP contribution in [0.15, 0.2) is 24.3 Å². The quantitative estimate of drug-likeness (QED) is 0.902. The zero-order valence-electron chi connectivity index (χ0n) is 14.4. The van der Waals surface area contributed by atoms with Gasteiger partial charge in [0, 0.05) is 38.8 Å². The highest BCUT2D eigenvalue weighted by Gasteiger charge is 2.36. The molecule has 4 fully saturated rings. The average molecular weight is 328 g/mol. The molecule has 4 heteroatoms. The van der Waals surface area contributed by atoms with Crippen molar-refractivity contribution in [3.8, 4) is 0 Å². The predicted molar refractivity (Wildman–Crippen MR) is 94.1 cm³/mol. The van der Waals surface area contributed by atoms with Gasteiger partial charge in [-0.05, 0) is 49.1 Å². The van der Waals surface area contributed by atoms with Gasteiger partial charge in [-0.3, -0.25) is 9.80 Å². The van der Waals surface area contributed by atoms with Crippen molar-refractivity contribution in [3.05, 3.63) is 35.4 Å². The molecule has 5 rings (SSSR count). The predicted octanol–water partition coefficient (Wildman–Crippen LogP) is 3.08. The largest absolute Gasteiger partial charge is 0.478 e. The van der Waals surface area contributed by atoms with Crippen LogP contribution < -0.4 is 0 Å². The molecule has 130 valence electrons. The Bertz CT molecular complexity index is 599. The molecule has 0 unspecified atom stereocenters. The minimum atomic E-state index is -0.810. The molecule has 3 heterocycles. The van der Waals surface area contributed by atoms with Gasteiger partial charge < -0.3 is 5.11 Å². The van der Waals surface area contributed by atoms with Gasteiger partial charge in [-0.1, -0.05) is 24.6 Å². The molecular formula is C20H28N2O2. The summed E-state index contributed by atoms with van der Waals surface area (Å²) in [4.78, 5) is 16.7. The Kier molecular flexibility index (Phi) is 4.59. The smallest absolute Gasteiger partial charge is 0.336 e. The van der Waals surface area contributed by atoms with Crippen LogP contribution in [0.4, 0.5) is 0 Å². The van der Waals surface area contributed by atoms with Crippen molar-refractivity contribution in [1.29, 1.82) is 0 Å². The van der Waals surface area contributed by atoms with E-state index in [9.17, 15) is 9.90 Å². The standard InChI is InChI=1S/C20H28N2O2/c23-20(24)19-7-2-1-6-17(19)13-21-10-16-8-9-18(14-21)22(12-16)11-15-4-3-5-15/h1-2,6-7,15-16,18H,3-5,8-14H2,(H,23,24)/t16-,18+/m0/s1. The number of piperidine rings is 1. The van der Waals surface area contributed by atoms with Crippen molar-refractivity contribution in [2.24, 2.45) is 11.8 Å². The van der Waals surface area contributed by atoms with E-state index in [-0.39, 0.29) is 0 Å². The molecule has 0 amide bonds. The summed E-state index contributed by atoms with van der Waals surface area (Å²) in [7, 11) is 0. The monoisotopic (exact) mass is 328 g/mol. The summed E-state index contributed by atoms with van der Waals surface area (Å²) in [6.07, 6.45) is 6.91. The second-order valence-electron chi connectivity index (χ2n) is 8.00. The Morgan fingerprint density at radius 2 is 1.92 bits per heavy atom. The summed E-state index contributed by atoms with van der Waals surface area (Å²) >= 11 is 0. The van der Waals surface area contributed by atoms with Crippen LogP contribution in [0, 0.1) is 11.8 Å². The lowest BCUT2D eigenvalue weighted by Gasteiger charge is -2.40. The van der Waals surface area contributed by atoms with E-state index in [0.29, 0.717) is 11.6 Å². The molecule has 3 saturated heterocycles. The fourth-order valence-corrected chi connectivity index (χ4v) is 4.74. The first-order chi connectivity index (χ1) is 11.7. The van der Waals surface area contributed by atoms with Crippen molar-refractivity contribution < 1.29 is 9.90 Å². The first kappa shape index (κ1) is 16.1. The number of carboxylic acids is 1. The molecular weight excluding hydrogens is 300 g/mol. The molecule has 24 heavy (non-hydrogen) atoms. The van der Waals surface area contributed by atoms with Gasteiger partial charge in [0.05, 0.1) is 5.56 Å². The third-order valence-electron chi connectivity index (χ3n) is 6.26. The van der Waals surface area contributed by atoms with Crippen molar-refractivity contribution in [2.75, 3.05) is 26.2 Å². The molecule has 1 saturated carbocycles. The zero-order chi connectivity index (χ0) is 16.5. The second kappa shape index (κ2) is 6.85. The molecule has 4 aliphatic rings. The van der Waals surface area contributed by atoms with Crippen molar-refractivity contribution in [2.45, 2.75) is 44.7 Å². The number of aromatic carboxylic acids is 1. The van der Waals surface area contributed by atoms with Gasteiger partial charge >= 0.3 is 5.97 Å². The van der Waals surface area contributed by atoms with Crippen LogP contribution in [0.5, 0.6) is 0 Å². The van der Waals surface area contributed by atoms with Crippen molar-refractivity contribution >= 4 is 5.97 Å². The maximum absolute atomic E-state index is 11.5. The number of rotatable bonds is 5. The Balaban J connectivity index is 1.45. The van der Waals surface area contributed by atoms with E-state index in [2.05, 4.69) is 9.80 Å². The Morgan fingerprint density at radius 1 is 1.08 bits per heavy atom. The molecule has 0 aromatic heterocycles. The van der Waals surface area contributed by atoms with Gasteiger partial charge in [0.25, 0.3) is 0 Å². The molecule has 2 bridgehead atoms. The van der Waals surface area contributed by atoms with Gasteiger partial charge in [0.1, 0.15) is 0 Å². The maximum atomic E-state index is 11.5. The van der Waals surface area contributed by atoms with E-state index in [0.717, 1.165) is 37.0 Å². The fourth-order valence-electron chi connectivity index (χ4n) is 4.74. The van der Waals surface area contributed by atoms with Crippen molar-refractivity contribution in [1.82, 2.24) is 9.80 Å². The van der Waals surface area contributed by atoms with Gasteiger partial charge in [0.15, 0.2) is 0 Å². The number of nitrogens with zero attached hydrogens (tertiary/aromatic N) is 2. The highest BCUT2D eigenvalue weighted by molar-refractivity contribution is 5.89. The summed E-state index contributed by atoms with van der Waals surface area (Å²) in [6.45, 7) is 5.52. The van der Waals surface area contributed by atoms with Crippen LogP contribution in [0.25, 0.3) is 0 Å². The number of carbonyl (C=O) groups is 1. The van der Waals surface area contributed by atoms with Crippen LogP contribution in [-0.4, -0.2) is 53.1 Å². The Hall–Kier alpha value is -1.39. The van der Waals surface area contributed by atoms with E-state index < -0.39 is 5.97 Å². The molecule has 0 radical (unpaired) electrons. The summed E-state index contributed by atoms with van der Waals surface area (Å²) < 4.78 is 0. The lowest BCUT2D eigenvalue weighted by molar-refractivity contribution is 0.0694. The van der Waals surface area contributed by atoms with Crippen LogP contribution in [0.3, 0.4) is 0 Å². The number of carboxylic acid groups (broad SMARTS) is 1. The van der Waals surface area contributed by atoms with Gasteiger partial charge in [-0.2, -0.15) is 0 Å². The molecule has 1 aromatic rings. The first-order valence-electron chi connectivity index (χ1n) is 9.46. The number of hydrogen-bond acceptors (Lipinski definition) is 3. The molecule has 3 aliphatic heterocycles. The Morgan fingerprint density at radius 3 is 2.67 bits per heavy atom. The topological polar surface area (TPSA) is 43.8 Å². The zero-order valence-corrected chi connectivity index (χ0v) is 14.4. The van der Waals surface area contributed by atoms with E-state index >= 15 is 0 Å². The lowest BCUT2D eigenvalue weighted by Crippen LogP contribution is -2.46. The number of hydrogen-bond donors (Lipinski definition) is 1. The normalized spacial score (nSPS) is 28.5. The van der Waals surface area contributed by atoms with Crippen LogP contribution in [0.2, 0.25) is 0 Å². The third-order valence-corrected chi connectivity index (χ3v) is 6.26. The van der Waals surface area contributed by atoms with E-state index in [1.807, 2.05) is 18.2 Å². The van der Waals surface area contributed by atoms with Crippen LogP contribution >= 0.6 is 0 Å². The van der Waals surface area contributed by atoms with Crippen molar-refractivity contribution in [3.63, 3.8) is 0 Å². The van der Waals surface area contributed by atoms with Gasteiger partial charge in [-0.15, -0.1) is 0 Å². The average Bonchev–Trinajstić information content (AvgIpc) is 2.81. The summed E-state index contributed by atoms with van der Waals surface area (Å²) in [6, 6.07) is 8.15. The summed E-state index contributed by atoms with van der Waals surface area (Å²) in [5.41, 5.74) is 1.41. The third kappa shape index (κ3) is 3.35. The minimum absolute atomic E-state index is 0.459. The van der Waals surface area contributed by atoms with E-state index in [4.69, 9.17) is 0 Å². The molecule has 0 spiro atoms. The van der Waals surface area contributed by atoms with Gasteiger partial charge in [-0.25, -0.2) is 4.79 Å². The van der Waals surface area contributed by atoms with Gasteiger partial charge in [0.2, 0.25) is 0 Å². The molecule has 4 nitrogen and oxygen atoms in total. The van der Waals surface area contributed by atoms with Crippen LogP contribution in [-0.2, 0) is 6.54 Å². The lowest BCUT2D eigenvalue weighted by atomic mass is 9.83. The molecule has 2 atom stereocenters. The number of benzene rings is 1. The fraction of sp³-hybridized carbons (Fsp3) is 0.650. The number of fused-ring (bicyclic) bond motifs is 4. The summed E-state index contributed by atoms with van der Waals surface area (Å²) in [5.74, 6) is 0.876. The van der Waals surface area contributed by atoms with E-state index in [1.54, 1.807) is 6.07 Å². The highest BCUT2D eigenvalue weighted by atomic mass is 16.4. The van der Waals surface area contributed by atoms with E-state index in [1.165, 1.54) is 45.2 Å². The summed E-state index contributed by atoms with van der Waals surface area (Å²) in [5, 5.41) is 9.42. The Labute approximate surface area is 144 Å². The first-order valence-corrected chi connectivity index (χ1v) is 9.46. The molecule has 1 aromatic carbocycles. The minimum Gasteiger partial charge on any atom is -0.478 e. The molecule has 1 N–H and O–H groups in total. The maximum Gasteiger partial charge on any atom is 0.336 e. The SMILES string of the molecule is O=C(O)c1ccccc1CN1C[C@@H]2CC[C@H](C1)N(CC1CCC1)C2. The second-order valence-corrected chi connectivity index (χ2v) is 8.00. The molecule has 1 aliphatic carbocycles. The highest BCUT2D eigenvalue weighted by Crippen LogP contribution is 2.33. The van der Waals surface area contributed by atoms with Crippen LogP contribution in [0.1, 0.15) is 48.0 Å².